The molecule has 6 heteroatoms. The lowest BCUT2D eigenvalue weighted by Crippen LogP contribution is -2.30. The molecule has 0 spiro atoms. The molecular formula is C13H18N4OS. The third-order valence-electron chi connectivity index (χ3n) is 3.79. The molecule has 0 radical (unpaired) electrons. The van der Waals surface area contributed by atoms with E-state index in [1.54, 1.807) is 0 Å². The van der Waals surface area contributed by atoms with Gasteiger partial charge in [-0.3, -0.25) is 4.79 Å². The fourth-order valence-corrected chi connectivity index (χ4v) is 3.58. The maximum atomic E-state index is 11.8. The molecule has 1 saturated carbocycles. The predicted molar refractivity (Wildman–Crippen MR) is 76.9 cm³/mol. The van der Waals surface area contributed by atoms with Gasteiger partial charge in [0.25, 0.3) is 5.56 Å². The molecule has 3 rings (SSSR count). The van der Waals surface area contributed by atoms with Crippen molar-refractivity contribution in [2.45, 2.75) is 45.6 Å². The van der Waals surface area contributed by atoms with E-state index in [1.165, 1.54) is 47.6 Å². The van der Waals surface area contributed by atoms with Gasteiger partial charge in [0, 0.05) is 17.8 Å². The number of anilines is 1. The van der Waals surface area contributed by atoms with Crippen LogP contribution >= 0.6 is 11.3 Å². The van der Waals surface area contributed by atoms with E-state index in [1.807, 2.05) is 6.92 Å². The summed E-state index contributed by atoms with van der Waals surface area (Å²) in [6.45, 7) is 4.11. The number of hydrogen-bond donors (Lipinski definition) is 1. The average Bonchev–Trinajstić information content (AvgIpc) is 2.75. The molecule has 1 fully saturated rings. The van der Waals surface area contributed by atoms with E-state index in [9.17, 15) is 4.79 Å². The Morgan fingerprint density at radius 1 is 1.42 bits per heavy atom. The lowest BCUT2D eigenvalue weighted by Gasteiger charge is -2.29. The summed E-state index contributed by atoms with van der Waals surface area (Å²) in [5.41, 5.74) is 0.634. The van der Waals surface area contributed by atoms with E-state index >= 15 is 0 Å². The highest BCUT2D eigenvalue weighted by atomic mass is 32.1. The topological polar surface area (TPSA) is 59.3 Å². The van der Waals surface area contributed by atoms with E-state index in [-0.39, 0.29) is 5.56 Å². The van der Waals surface area contributed by atoms with Crippen LogP contribution in [0.2, 0.25) is 0 Å². The third-order valence-corrected chi connectivity index (χ3v) is 4.63. The van der Waals surface area contributed by atoms with Gasteiger partial charge in [0.05, 0.1) is 0 Å². The Bertz CT molecular complexity index is 648. The number of rotatable bonds is 2. The molecule has 0 amide bonds. The lowest BCUT2D eigenvalue weighted by atomic mass is 9.86. The highest BCUT2D eigenvalue weighted by Gasteiger charge is 2.22. The molecule has 19 heavy (non-hydrogen) atoms. The number of hydrogen-bond acceptors (Lipinski definition) is 5. The first kappa shape index (κ1) is 12.6. The van der Waals surface area contributed by atoms with Gasteiger partial charge in [0.2, 0.25) is 10.1 Å². The Morgan fingerprint density at radius 2 is 2.21 bits per heavy atom. The maximum Gasteiger partial charge on any atom is 0.275 e. The second-order valence-corrected chi connectivity index (χ2v) is 6.31. The molecule has 0 aliphatic heterocycles. The summed E-state index contributed by atoms with van der Waals surface area (Å²) < 4.78 is 1.38. The molecule has 0 saturated heterocycles. The Kier molecular flexibility index (Phi) is 3.26. The second-order valence-electron chi connectivity index (χ2n) is 5.35. The summed E-state index contributed by atoms with van der Waals surface area (Å²) in [4.78, 5) is 16.8. The van der Waals surface area contributed by atoms with E-state index in [0.29, 0.717) is 16.9 Å². The molecule has 0 bridgehead atoms. The number of aromatic nitrogens is 3. The Balaban J connectivity index is 1.89. The molecule has 2 aromatic rings. The van der Waals surface area contributed by atoms with Crippen LogP contribution in [0.15, 0.2) is 10.9 Å². The molecule has 5 nitrogen and oxygen atoms in total. The SMILES string of the molecule is Cc1cc(=O)n2nc(N[C@@H]3CCCC[C@H]3C)sc2n1. The first-order valence-electron chi connectivity index (χ1n) is 6.77. The zero-order chi connectivity index (χ0) is 13.4. The Morgan fingerprint density at radius 3 is 3.00 bits per heavy atom. The van der Waals surface area contributed by atoms with E-state index in [0.717, 1.165) is 10.8 Å². The highest BCUT2D eigenvalue weighted by molar-refractivity contribution is 7.20. The zero-order valence-corrected chi connectivity index (χ0v) is 12.0. The van der Waals surface area contributed by atoms with E-state index < -0.39 is 0 Å². The molecule has 0 unspecified atom stereocenters. The first-order chi connectivity index (χ1) is 9.13. The van der Waals surface area contributed by atoms with Crippen LogP contribution in [0.1, 0.15) is 38.3 Å². The minimum absolute atomic E-state index is 0.108. The van der Waals surface area contributed by atoms with E-state index in [2.05, 4.69) is 22.3 Å². The zero-order valence-electron chi connectivity index (χ0n) is 11.2. The van der Waals surface area contributed by atoms with Crippen LogP contribution < -0.4 is 10.9 Å². The predicted octanol–water partition coefficient (Wildman–Crippen LogP) is 2.45. The largest absolute Gasteiger partial charge is 0.357 e. The van der Waals surface area contributed by atoms with Crippen LogP contribution in [0.5, 0.6) is 0 Å². The van der Waals surface area contributed by atoms with Crippen molar-refractivity contribution in [3.63, 3.8) is 0 Å². The second kappa shape index (κ2) is 4.92. The summed E-state index contributed by atoms with van der Waals surface area (Å²) in [5, 5.41) is 8.61. The first-order valence-corrected chi connectivity index (χ1v) is 7.59. The summed E-state index contributed by atoms with van der Waals surface area (Å²) >= 11 is 1.45. The monoisotopic (exact) mass is 278 g/mol. The van der Waals surface area contributed by atoms with Gasteiger partial charge in [-0.25, -0.2) is 4.98 Å². The summed E-state index contributed by atoms with van der Waals surface area (Å²) in [6, 6.07) is 1.98. The summed E-state index contributed by atoms with van der Waals surface area (Å²) in [7, 11) is 0. The Hall–Kier alpha value is -1.43. The average molecular weight is 278 g/mol. The molecule has 1 aliphatic rings. The van der Waals surface area contributed by atoms with Gasteiger partial charge in [-0.2, -0.15) is 4.52 Å². The minimum Gasteiger partial charge on any atom is -0.357 e. The number of nitrogens with one attached hydrogen (secondary N) is 1. The smallest absolute Gasteiger partial charge is 0.275 e. The fraction of sp³-hybridized carbons (Fsp3) is 0.615. The molecule has 2 heterocycles. The van der Waals surface area contributed by atoms with Crippen molar-refractivity contribution in [2.24, 2.45) is 5.92 Å². The third kappa shape index (κ3) is 2.49. The normalized spacial score (nSPS) is 23.7. The van der Waals surface area contributed by atoms with Gasteiger partial charge in [0.1, 0.15) is 0 Å². The molecular weight excluding hydrogens is 260 g/mol. The summed E-state index contributed by atoms with van der Waals surface area (Å²) in [5.74, 6) is 0.659. The van der Waals surface area contributed by atoms with Crippen LogP contribution in [-0.2, 0) is 0 Å². The van der Waals surface area contributed by atoms with Gasteiger partial charge in [0.15, 0.2) is 0 Å². The van der Waals surface area contributed by atoms with Gasteiger partial charge in [-0.1, -0.05) is 31.1 Å². The standard InChI is InChI=1S/C13H18N4OS/c1-8-5-3-4-6-10(8)15-12-16-17-11(18)7-9(2)14-13(17)19-12/h7-8,10H,3-6H2,1-2H3,(H,15,16)/t8-,10-/m1/s1. The van der Waals surface area contributed by atoms with Gasteiger partial charge < -0.3 is 5.32 Å². The quantitative estimate of drug-likeness (QED) is 0.916. The van der Waals surface area contributed by atoms with Crippen molar-refractivity contribution in [1.82, 2.24) is 14.6 Å². The summed E-state index contributed by atoms with van der Waals surface area (Å²) in [6.07, 6.45) is 5.03. The van der Waals surface area contributed by atoms with Crippen molar-refractivity contribution in [2.75, 3.05) is 5.32 Å². The maximum absolute atomic E-state index is 11.8. The molecule has 1 N–H and O–H groups in total. The van der Waals surface area contributed by atoms with Crippen LogP contribution in [0.3, 0.4) is 0 Å². The van der Waals surface area contributed by atoms with Crippen molar-refractivity contribution >= 4 is 21.4 Å². The van der Waals surface area contributed by atoms with Crippen molar-refractivity contribution in [3.8, 4) is 0 Å². The molecule has 102 valence electrons. The number of aryl methyl sites for hydroxylation is 1. The van der Waals surface area contributed by atoms with Crippen molar-refractivity contribution in [3.05, 3.63) is 22.1 Å². The molecule has 0 aromatic carbocycles. The molecule has 2 atom stereocenters. The highest BCUT2D eigenvalue weighted by Crippen LogP contribution is 2.28. The van der Waals surface area contributed by atoms with Crippen LogP contribution in [0.4, 0.5) is 5.13 Å². The van der Waals surface area contributed by atoms with Gasteiger partial charge in [-0.05, 0) is 25.7 Å². The van der Waals surface area contributed by atoms with Crippen LogP contribution in [-0.4, -0.2) is 20.6 Å². The van der Waals surface area contributed by atoms with Crippen molar-refractivity contribution in [1.29, 1.82) is 0 Å². The van der Waals surface area contributed by atoms with Crippen LogP contribution in [0, 0.1) is 12.8 Å². The fourth-order valence-electron chi connectivity index (χ4n) is 2.67. The lowest BCUT2D eigenvalue weighted by molar-refractivity contribution is 0.349. The van der Waals surface area contributed by atoms with E-state index in [4.69, 9.17) is 0 Å². The minimum atomic E-state index is -0.108. The number of fused-ring (bicyclic) bond motifs is 1. The molecule has 1 aliphatic carbocycles. The van der Waals surface area contributed by atoms with Gasteiger partial charge >= 0.3 is 0 Å². The van der Waals surface area contributed by atoms with Crippen molar-refractivity contribution < 1.29 is 0 Å². The number of nitrogens with zero attached hydrogens (tertiary/aromatic N) is 3. The van der Waals surface area contributed by atoms with Crippen LogP contribution in [0.25, 0.3) is 4.96 Å². The molecule has 2 aromatic heterocycles. The van der Waals surface area contributed by atoms with Gasteiger partial charge in [-0.15, -0.1) is 5.10 Å². The Labute approximate surface area is 115 Å².